The van der Waals surface area contributed by atoms with Crippen LogP contribution >= 0.6 is 0 Å². The molecule has 11 heavy (non-hydrogen) atoms. The molecule has 0 bridgehead atoms. The number of rotatable bonds is 3. The summed E-state index contributed by atoms with van der Waals surface area (Å²) in [7, 11) is 0.0929. The normalized spacial score (nSPS) is 13.1. The van der Waals surface area contributed by atoms with Gasteiger partial charge >= 0.3 is 7.12 Å². The van der Waals surface area contributed by atoms with Crippen molar-refractivity contribution in [1.82, 2.24) is 0 Å². The van der Waals surface area contributed by atoms with Gasteiger partial charge in [-0.05, 0) is 6.92 Å². The lowest BCUT2D eigenvalue weighted by Gasteiger charge is -2.01. The lowest BCUT2D eigenvalue weighted by molar-refractivity contribution is 0.421. The highest BCUT2D eigenvalue weighted by molar-refractivity contribution is 6.57. The van der Waals surface area contributed by atoms with Crippen LogP contribution < -0.4 is 0 Å². The molecule has 0 heterocycles. The summed E-state index contributed by atoms with van der Waals surface area (Å²) in [6, 6.07) is 0. The van der Waals surface area contributed by atoms with E-state index in [4.69, 9.17) is 10.0 Å². The van der Waals surface area contributed by atoms with Crippen LogP contribution in [0.2, 0.25) is 0 Å². The number of hydrogen-bond donors (Lipinski definition) is 2. The number of hydrogen-bond acceptors (Lipinski definition) is 3. The molecule has 60 valence electrons. The fraction of sp³-hybridized carbons (Fsp3) is 0.286. The molecule has 0 aliphatic rings. The first-order chi connectivity index (χ1) is 5.13. The fourth-order valence-electron chi connectivity index (χ4n) is 0.629. The molecule has 0 aliphatic heterocycles. The lowest BCUT2D eigenvalue weighted by atomic mass is 9.77. The molecule has 0 aliphatic carbocycles. The zero-order chi connectivity index (χ0) is 8.85. The minimum Gasteiger partial charge on any atom is -0.423 e. The topological polar surface area (TPSA) is 52.8 Å². The van der Waals surface area contributed by atoms with Crippen LogP contribution in [0, 0.1) is 0 Å². The smallest absolute Gasteiger partial charge is 0.423 e. The average Bonchev–Trinajstić information content (AvgIpc) is 1.98. The van der Waals surface area contributed by atoms with E-state index in [2.05, 4.69) is 11.6 Å². The highest BCUT2D eigenvalue weighted by Gasteiger charge is 2.13. The first-order valence-corrected chi connectivity index (χ1v) is 3.25. The van der Waals surface area contributed by atoms with Crippen LogP contribution in [0.15, 0.2) is 28.7 Å². The Balaban J connectivity index is 4.71. The Kier molecular flexibility index (Phi) is 4.49. The third-order valence-electron chi connectivity index (χ3n) is 1.31. The van der Waals surface area contributed by atoms with Crippen LogP contribution in [-0.4, -0.2) is 30.4 Å². The van der Waals surface area contributed by atoms with Crippen molar-refractivity contribution in [2.24, 2.45) is 4.99 Å². The van der Waals surface area contributed by atoms with Gasteiger partial charge < -0.3 is 10.0 Å². The van der Waals surface area contributed by atoms with Crippen molar-refractivity contribution in [1.29, 1.82) is 0 Å². The molecule has 0 fully saturated rings. The molecular formula is C7H12BNO2. The SMILES string of the molecule is C=C/C(C)=C(\C=NC)B(O)O. The summed E-state index contributed by atoms with van der Waals surface area (Å²) in [5, 5.41) is 17.6. The minimum absolute atomic E-state index is 0.377. The van der Waals surface area contributed by atoms with E-state index < -0.39 is 7.12 Å². The molecule has 3 nitrogen and oxygen atoms in total. The van der Waals surface area contributed by atoms with Gasteiger partial charge in [-0.2, -0.15) is 0 Å². The quantitative estimate of drug-likeness (QED) is 0.345. The van der Waals surface area contributed by atoms with Gasteiger partial charge in [-0.15, -0.1) is 0 Å². The van der Waals surface area contributed by atoms with Crippen molar-refractivity contribution in [3.63, 3.8) is 0 Å². The first kappa shape index (κ1) is 10.1. The molecule has 0 aromatic heterocycles. The van der Waals surface area contributed by atoms with E-state index in [0.717, 1.165) is 0 Å². The molecule has 0 saturated heterocycles. The average molecular weight is 153 g/mol. The van der Waals surface area contributed by atoms with Gasteiger partial charge in [-0.3, -0.25) is 4.99 Å². The summed E-state index contributed by atoms with van der Waals surface area (Å²) in [6.45, 7) is 5.24. The van der Waals surface area contributed by atoms with Crippen LogP contribution in [0.3, 0.4) is 0 Å². The molecular weight excluding hydrogens is 141 g/mol. The Bertz CT molecular complexity index is 197. The summed E-state index contributed by atoms with van der Waals surface area (Å²) >= 11 is 0. The van der Waals surface area contributed by atoms with Crippen LogP contribution in [-0.2, 0) is 0 Å². The minimum atomic E-state index is -1.48. The van der Waals surface area contributed by atoms with Crippen molar-refractivity contribution in [3.05, 3.63) is 23.7 Å². The Hall–Kier alpha value is -0.865. The van der Waals surface area contributed by atoms with Crippen molar-refractivity contribution < 1.29 is 10.0 Å². The van der Waals surface area contributed by atoms with Gasteiger partial charge in [0.05, 0.1) is 0 Å². The van der Waals surface area contributed by atoms with E-state index in [-0.39, 0.29) is 0 Å². The van der Waals surface area contributed by atoms with Crippen molar-refractivity contribution in [2.75, 3.05) is 7.05 Å². The standard InChI is InChI=1S/C7H12BNO2/c1-4-6(2)7(5-9-3)8(10)11/h4-5,10-11H,1H2,2-3H3/b7-6+,9-5?. The molecule has 4 heteroatoms. The summed E-state index contributed by atoms with van der Waals surface area (Å²) in [4.78, 5) is 3.68. The molecule has 0 amide bonds. The second-order valence-corrected chi connectivity index (χ2v) is 2.10. The van der Waals surface area contributed by atoms with E-state index >= 15 is 0 Å². The highest BCUT2D eigenvalue weighted by Crippen LogP contribution is 2.03. The zero-order valence-corrected chi connectivity index (χ0v) is 6.78. The number of allylic oxidation sites excluding steroid dienone is 3. The molecule has 0 unspecified atom stereocenters. The van der Waals surface area contributed by atoms with Gasteiger partial charge in [0, 0.05) is 18.7 Å². The zero-order valence-electron chi connectivity index (χ0n) is 6.78. The van der Waals surface area contributed by atoms with Crippen LogP contribution in [0.5, 0.6) is 0 Å². The van der Waals surface area contributed by atoms with Gasteiger partial charge in [0.2, 0.25) is 0 Å². The molecule has 2 N–H and O–H groups in total. The Morgan fingerprint density at radius 1 is 1.55 bits per heavy atom. The third kappa shape index (κ3) is 3.16. The summed E-state index contributed by atoms with van der Waals surface area (Å²) in [5.41, 5.74) is 1.09. The monoisotopic (exact) mass is 153 g/mol. The molecule has 0 spiro atoms. The maximum atomic E-state index is 8.80. The maximum Gasteiger partial charge on any atom is 0.490 e. The van der Waals surface area contributed by atoms with Crippen LogP contribution in [0.1, 0.15) is 6.92 Å². The van der Waals surface area contributed by atoms with Crippen molar-refractivity contribution in [3.8, 4) is 0 Å². The van der Waals surface area contributed by atoms with Crippen molar-refractivity contribution >= 4 is 13.3 Å². The largest absolute Gasteiger partial charge is 0.490 e. The van der Waals surface area contributed by atoms with Gasteiger partial charge in [0.25, 0.3) is 0 Å². The maximum absolute atomic E-state index is 8.80. The van der Waals surface area contributed by atoms with E-state index in [9.17, 15) is 0 Å². The molecule has 0 aromatic carbocycles. The second-order valence-electron chi connectivity index (χ2n) is 2.10. The Morgan fingerprint density at radius 3 is 2.36 bits per heavy atom. The summed E-state index contributed by atoms with van der Waals surface area (Å²) in [5.74, 6) is 0. The Morgan fingerprint density at radius 2 is 2.09 bits per heavy atom. The van der Waals surface area contributed by atoms with E-state index in [1.165, 1.54) is 6.21 Å². The van der Waals surface area contributed by atoms with Gasteiger partial charge in [0.1, 0.15) is 0 Å². The van der Waals surface area contributed by atoms with E-state index in [1.54, 1.807) is 20.0 Å². The van der Waals surface area contributed by atoms with E-state index in [1.807, 2.05) is 0 Å². The molecule has 0 atom stereocenters. The number of aliphatic imine (C=N–C) groups is 1. The number of nitrogens with zero attached hydrogens (tertiary/aromatic N) is 1. The lowest BCUT2D eigenvalue weighted by Crippen LogP contribution is -2.17. The van der Waals surface area contributed by atoms with E-state index in [0.29, 0.717) is 11.0 Å². The molecule has 0 rings (SSSR count). The van der Waals surface area contributed by atoms with Crippen LogP contribution in [0.4, 0.5) is 0 Å². The Labute approximate surface area is 66.9 Å². The summed E-state index contributed by atoms with van der Waals surface area (Å²) < 4.78 is 0. The predicted molar refractivity (Wildman–Crippen MR) is 47.5 cm³/mol. The highest BCUT2D eigenvalue weighted by atomic mass is 16.4. The molecule has 0 radical (unpaired) electrons. The fourth-order valence-corrected chi connectivity index (χ4v) is 0.629. The van der Waals surface area contributed by atoms with Gasteiger partial charge in [-0.25, -0.2) is 0 Å². The van der Waals surface area contributed by atoms with Crippen molar-refractivity contribution in [2.45, 2.75) is 6.92 Å². The van der Waals surface area contributed by atoms with Crippen LogP contribution in [0.25, 0.3) is 0 Å². The third-order valence-corrected chi connectivity index (χ3v) is 1.31. The predicted octanol–water partition coefficient (Wildman–Crippen LogP) is 0.201. The van der Waals surface area contributed by atoms with Gasteiger partial charge in [-0.1, -0.05) is 18.2 Å². The second kappa shape index (κ2) is 4.88. The molecule has 0 saturated carbocycles. The first-order valence-electron chi connectivity index (χ1n) is 3.25. The van der Waals surface area contributed by atoms with Gasteiger partial charge in [0.15, 0.2) is 0 Å². The summed E-state index contributed by atoms with van der Waals surface area (Å²) in [6.07, 6.45) is 2.96. The molecule has 0 aromatic rings.